The molecule has 0 unspecified atom stereocenters. The highest BCUT2D eigenvalue weighted by Gasteiger charge is 2.23. The van der Waals surface area contributed by atoms with Crippen LogP contribution in [0.15, 0.2) is 24.3 Å². The Kier molecular flexibility index (Phi) is 3.51. The van der Waals surface area contributed by atoms with Gasteiger partial charge in [0, 0.05) is 24.3 Å². The fraction of sp³-hybridized carbons (Fsp3) is 0.533. The van der Waals surface area contributed by atoms with Crippen LogP contribution < -0.4 is 4.90 Å². The molecule has 1 aliphatic heterocycles. The standard InChI is InChI=1S/C15H21NO/c1-15(2)8-5-10-16(11-9-15)14-7-4-3-6-13(14)12-17/h3-4,6-7,12H,5,8-11H2,1-2H3. The second kappa shape index (κ2) is 4.91. The molecule has 0 spiro atoms. The highest BCUT2D eigenvalue weighted by Crippen LogP contribution is 2.32. The van der Waals surface area contributed by atoms with Crippen molar-refractivity contribution in [3.63, 3.8) is 0 Å². The van der Waals surface area contributed by atoms with E-state index in [1.165, 1.54) is 19.3 Å². The molecular weight excluding hydrogens is 210 g/mol. The predicted octanol–water partition coefficient (Wildman–Crippen LogP) is 3.52. The molecule has 0 N–H and O–H groups in total. The predicted molar refractivity (Wildman–Crippen MR) is 71.7 cm³/mol. The molecule has 2 heteroatoms. The first kappa shape index (κ1) is 12.2. The van der Waals surface area contributed by atoms with Gasteiger partial charge in [0.05, 0.1) is 0 Å². The summed E-state index contributed by atoms with van der Waals surface area (Å²) >= 11 is 0. The maximum atomic E-state index is 11.1. The van der Waals surface area contributed by atoms with Crippen molar-refractivity contribution >= 4 is 12.0 Å². The van der Waals surface area contributed by atoms with Crippen LogP contribution in [0.25, 0.3) is 0 Å². The second-order valence-corrected chi connectivity index (χ2v) is 5.68. The molecule has 2 rings (SSSR count). The van der Waals surface area contributed by atoms with Gasteiger partial charge in [-0.1, -0.05) is 26.0 Å². The van der Waals surface area contributed by atoms with Crippen LogP contribution in [0.3, 0.4) is 0 Å². The molecule has 1 heterocycles. The number of hydrogen-bond acceptors (Lipinski definition) is 2. The van der Waals surface area contributed by atoms with E-state index in [9.17, 15) is 4.79 Å². The van der Waals surface area contributed by atoms with Gasteiger partial charge in [0.2, 0.25) is 0 Å². The van der Waals surface area contributed by atoms with Crippen molar-refractivity contribution < 1.29 is 4.79 Å². The van der Waals surface area contributed by atoms with Crippen LogP contribution in [0.4, 0.5) is 5.69 Å². The summed E-state index contributed by atoms with van der Waals surface area (Å²) in [5.41, 5.74) is 2.35. The number of anilines is 1. The van der Waals surface area contributed by atoms with Gasteiger partial charge < -0.3 is 4.90 Å². The number of benzene rings is 1. The molecule has 0 bridgehead atoms. The smallest absolute Gasteiger partial charge is 0.152 e. The van der Waals surface area contributed by atoms with E-state index in [1.807, 2.05) is 18.2 Å². The van der Waals surface area contributed by atoms with Crippen molar-refractivity contribution in [2.75, 3.05) is 18.0 Å². The number of para-hydroxylation sites is 1. The van der Waals surface area contributed by atoms with E-state index in [2.05, 4.69) is 24.8 Å². The molecule has 0 aliphatic carbocycles. The molecule has 2 nitrogen and oxygen atoms in total. The number of hydrogen-bond donors (Lipinski definition) is 0. The first-order chi connectivity index (χ1) is 8.12. The van der Waals surface area contributed by atoms with Crippen LogP contribution in [0.1, 0.15) is 43.5 Å². The van der Waals surface area contributed by atoms with Crippen molar-refractivity contribution in [3.05, 3.63) is 29.8 Å². The van der Waals surface area contributed by atoms with E-state index in [1.54, 1.807) is 0 Å². The Bertz CT molecular complexity index is 398. The summed E-state index contributed by atoms with van der Waals surface area (Å²) in [6, 6.07) is 7.90. The Morgan fingerprint density at radius 3 is 2.71 bits per heavy atom. The molecule has 0 saturated carbocycles. The second-order valence-electron chi connectivity index (χ2n) is 5.68. The van der Waals surface area contributed by atoms with Gasteiger partial charge >= 0.3 is 0 Å². The number of aldehydes is 1. The van der Waals surface area contributed by atoms with E-state index >= 15 is 0 Å². The Labute approximate surface area is 104 Å². The number of carbonyl (C=O) groups excluding carboxylic acids is 1. The maximum absolute atomic E-state index is 11.1. The average Bonchev–Trinajstić information content (AvgIpc) is 2.50. The van der Waals surface area contributed by atoms with Gasteiger partial charge in [-0.2, -0.15) is 0 Å². The molecule has 0 radical (unpaired) electrons. The SMILES string of the molecule is CC1(C)CCCN(c2ccccc2C=O)CC1. The molecular formula is C15H21NO. The van der Waals surface area contributed by atoms with Crippen LogP contribution in [-0.2, 0) is 0 Å². The molecule has 92 valence electrons. The third-order valence-corrected chi connectivity index (χ3v) is 3.74. The van der Waals surface area contributed by atoms with E-state index < -0.39 is 0 Å². The summed E-state index contributed by atoms with van der Waals surface area (Å²) in [7, 11) is 0. The lowest BCUT2D eigenvalue weighted by molar-refractivity contribution is 0.112. The third-order valence-electron chi connectivity index (χ3n) is 3.74. The van der Waals surface area contributed by atoms with Gasteiger partial charge in [-0.15, -0.1) is 0 Å². The summed E-state index contributed by atoms with van der Waals surface area (Å²) in [5.74, 6) is 0. The molecule has 1 aromatic carbocycles. The van der Waals surface area contributed by atoms with Gasteiger partial charge in [0.15, 0.2) is 6.29 Å². The summed E-state index contributed by atoms with van der Waals surface area (Å²) in [5, 5.41) is 0. The van der Waals surface area contributed by atoms with Gasteiger partial charge in [0.1, 0.15) is 0 Å². The summed E-state index contributed by atoms with van der Waals surface area (Å²) in [6.45, 7) is 6.79. The minimum atomic E-state index is 0.435. The largest absolute Gasteiger partial charge is 0.371 e. The Morgan fingerprint density at radius 1 is 1.18 bits per heavy atom. The lowest BCUT2D eigenvalue weighted by Crippen LogP contribution is -2.26. The van der Waals surface area contributed by atoms with Crippen LogP contribution in [-0.4, -0.2) is 19.4 Å². The zero-order chi connectivity index (χ0) is 12.3. The Morgan fingerprint density at radius 2 is 1.94 bits per heavy atom. The fourth-order valence-electron chi connectivity index (χ4n) is 2.54. The number of rotatable bonds is 2. The number of carbonyl (C=O) groups is 1. The van der Waals surface area contributed by atoms with Crippen molar-refractivity contribution in [2.24, 2.45) is 5.41 Å². The molecule has 17 heavy (non-hydrogen) atoms. The lowest BCUT2D eigenvalue weighted by Gasteiger charge is -2.25. The minimum Gasteiger partial charge on any atom is -0.371 e. The lowest BCUT2D eigenvalue weighted by atomic mass is 9.85. The minimum absolute atomic E-state index is 0.435. The van der Waals surface area contributed by atoms with Crippen molar-refractivity contribution in [2.45, 2.75) is 33.1 Å². The van der Waals surface area contributed by atoms with E-state index in [0.29, 0.717) is 5.41 Å². The maximum Gasteiger partial charge on any atom is 0.152 e. The summed E-state index contributed by atoms with van der Waals surface area (Å²) in [4.78, 5) is 13.4. The van der Waals surface area contributed by atoms with E-state index in [0.717, 1.165) is 30.6 Å². The zero-order valence-corrected chi connectivity index (χ0v) is 10.8. The van der Waals surface area contributed by atoms with Crippen LogP contribution in [0.5, 0.6) is 0 Å². The first-order valence-electron chi connectivity index (χ1n) is 6.41. The zero-order valence-electron chi connectivity index (χ0n) is 10.8. The van der Waals surface area contributed by atoms with Gasteiger partial charge in [-0.25, -0.2) is 0 Å². The fourth-order valence-corrected chi connectivity index (χ4v) is 2.54. The summed E-state index contributed by atoms with van der Waals surface area (Å²) < 4.78 is 0. The van der Waals surface area contributed by atoms with E-state index in [-0.39, 0.29) is 0 Å². The molecule has 1 saturated heterocycles. The van der Waals surface area contributed by atoms with Crippen LogP contribution in [0, 0.1) is 5.41 Å². The van der Waals surface area contributed by atoms with E-state index in [4.69, 9.17) is 0 Å². The highest BCUT2D eigenvalue weighted by atomic mass is 16.1. The normalized spacial score (nSPS) is 19.8. The molecule has 0 amide bonds. The average molecular weight is 231 g/mol. The van der Waals surface area contributed by atoms with Gasteiger partial charge in [-0.05, 0) is 36.8 Å². The van der Waals surface area contributed by atoms with Crippen molar-refractivity contribution in [3.8, 4) is 0 Å². The summed E-state index contributed by atoms with van der Waals surface area (Å²) in [6.07, 6.45) is 4.64. The highest BCUT2D eigenvalue weighted by molar-refractivity contribution is 5.84. The van der Waals surface area contributed by atoms with Crippen molar-refractivity contribution in [1.29, 1.82) is 0 Å². The first-order valence-corrected chi connectivity index (χ1v) is 6.41. The van der Waals surface area contributed by atoms with Crippen LogP contribution >= 0.6 is 0 Å². The molecule has 0 aromatic heterocycles. The Balaban J connectivity index is 2.19. The molecule has 1 aromatic rings. The molecule has 1 fully saturated rings. The quantitative estimate of drug-likeness (QED) is 0.726. The molecule has 0 atom stereocenters. The third kappa shape index (κ3) is 2.87. The topological polar surface area (TPSA) is 20.3 Å². The van der Waals surface area contributed by atoms with Gasteiger partial charge in [-0.3, -0.25) is 4.79 Å². The van der Waals surface area contributed by atoms with Gasteiger partial charge in [0.25, 0.3) is 0 Å². The van der Waals surface area contributed by atoms with Crippen molar-refractivity contribution in [1.82, 2.24) is 0 Å². The van der Waals surface area contributed by atoms with Crippen LogP contribution in [0.2, 0.25) is 0 Å². The molecule has 1 aliphatic rings. The number of nitrogens with zero attached hydrogens (tertiary/aromatic N) is 1. The Hall–Kier alpha value is -1.31. The monoisotopic (exact) mass is 231 g/mol.